The molecule has 2 atom stereocenters. The Morgan fingerprint density at radius 3 is 1.91 bits per heavy atom. The van der Waals surface area contributed by atoms with E-state index in [0.717, 1.165) is 51.4 Å². The van der Waals surface area contributed by atoms with Crippen molar-refractivity contribution in [2.45, 2.75) is 103 Å². The van der Waals surface area contributed by atoms with Gasteiger partial charge in [0, 0.05) is 19.4 Å². The number of rotatable bonds is 22. The van der Waals surface area contributed by atoms with E-state index in [4.69, 9.17) is 19.7 Å². The standard InChI is InChI=1S/C22H44NO8P/c1-3-5-7-9-11-12-14-21(24)28-18-20(19-30-32(26,27)29-17-16-23)31-22(25)15-13-10-8-6-4-2/h20H,3-19,23H2,1-2H3,(H,26,27)/t20-/m1/s1. The highest BCUT2D eigenvalue weighted by Gasteiger charge is 2.25. The van der Waals surface area contributed by atoms with Crippen LogP contribution in [-0.2, 0) is 32.7 Å². The van der Waals surface area contributed by atoms with Crippen molar-refractivity contribution in [3.63, 3.8) is 0 Å². The molecule has 0 aliphatic carbocycles. The van der Waals surface area contributed by atoms with Gasteiger partial charge in [0.2, 0.25) is 0 Å². The molecule has 0 aromatic rings. The van der Waals surface area contributed by atoms with E-state index in [-0.39, 0.29) is 32.6 Å². The van der Waals surface area contributed by atoms with Crippen LogP contribution in [0.2, 0.25) is 0 Å². The van der Waals surface area contributed by atoms with Gasteiger partial charge in [-0.15, -0.1) is 0 Å². The van der Waals surface area contributed by atoms with Crippen LogP contribution in [0.3, 0.4) is 0 Å². The number of carbonyl (C=O) groups excluding carboxylic acids is 2. The summed E-state index contributed by atoms with van der Waals surface area (Å²) in [5, 5.41) is 0. The fourth-order valence-electron chi connectivity index (χ4n) is 2.92. The lowest BCUT2D eigenvalue weighted by atomic mass is 10.1. The van der Waals surface area contributed by atoms with Gasteiger partial charge in [0.1, 0.15) is 6.61 Å². The quantitative estimate of drug-likeness (QED) is 0.129. The lowest BCUT2D eigenvalue weighted by molar-refractivity contribution is -0.161. The number of esters is 2. The summed E-state index contributed by atoms with van der Waals surface area (Å²) in [7, 11) is -4.33. The van der Waals surface area contributed by atoms with E-state index in [9.17, 15) is 19.0 Å². The van der Waals surface area contributed by atoms with Gasteiger partial charge in [-0.25, -0.2) is 4.57 Å². The first kappa shape index (κ1) is 31.0. The Balaban J connectivity index is 4.46. The molecule has 32 heavy (non-hydrogen) atoms. The van der Waals surface area contributed by atoms with Gasteiger partial charge in [0.25, 0.3) is 0 Å². The van der Waals surface area contributed by atoms with Crippen LogP contribution in [0, 0.1) is 0 Å². The first-order valence-corrected chi connectivity index (χ1v) is 13.5. The van der Waals surface area contributed by atoms with E-state index < -0.39 is 32.5 Å². The van der Waals surface area contributed by atoms with Crippen molar-refractivity contribution in [3.05, 3.63) is 0 Å². The van der Waals surface area contributed by atoms with Crippen molar-refractivity contribution < 1.29 is 37.6 Å². The SMILES string of the molecule is CCCCCCCCC(=O)OC[C@H](COP(=O)(O)OCCN)OC(=O)CCCCCCC. The molecular formula is C22H44NO8P. The first-order chi connectivity index (χ1) is 15.3. The number of carbonyl (C=O) groups is 2. The minimum absolute atomic E-state index is 0.0560. The predicted octanol–water partition coefficient (Wildman–Crippen LogP) is 4.64. The van der Waals surface area contributed by atoms with Gasteiger partial charge in [-0.2, -0.15) is 0 Å². The molecule has 0 fully saturated rings. The molecule has 0 aromatic heterocycles. The van der Waals surface area contributed by atoms with Gasteiger partial charge in [-0.05, 0) is 12.8 Å². The molecule has 0 aromatic carbocycles. The van der Waals surface area contributed by atoms with E-state index in [1.807, 2.05) is 0 Å². The van der Waals surface area contributed by atoms with Crippen LogP contribution < -0.4 is 5.73 Å². The van der Waals surface area contributed by atoms with Crippen LogP contribution in [0.5, 0.6) is 0 Å². The van der Waals surface area contributed by atoms with Crippen LogP contribution in [0.1, 0.15) is 97.3 Å². The topological polar surface area (TPSA) is 134 Å². The Bertz CT molecular complexity index is 532. The summed E-state index contributed by atoms with van der Waals surface area (Å²) < 4.78 is 31.9. The number of hydrogen-bond acceptors (Lipinski definition) is 8. The Morgan fingerprint density at radius 2 is 1.34 bits per heavy atom. The van der Waals surface area contributed by atoms with Crippen molar-refractivity contribution in [1.29, 1.82) is 0 Å². The number of hydrogen-bond donors (Lipinski definition) is 2. The molecule has 0 bridgehead atoms. The van der Waals surface area contributed by atoms with E-state index in [1.165, 1.54) is 12.8 Å². The number of unbranched alkanes of at least 4 members (excludes halogenated alkanes) is 9. The third-order valence-electron chi connectivity index (χ3n) is 4.74. The van der Waals surface area contributed by atoms with Crippen molar-refractivity contribution in [2.75, 3.05) is 26.4 Å². The highest BCUT2D eigenvalue weighted by molar-refractivity contribution is 7.47. The third kappa shape index (κ3) is 19.7. The molecule has 0 aliphatic heterocycles. The van der Waals surface area contributed by atoms with Crippen LogP contribution in [0.25, 0.3) is 0 Å². The zero-order valence-corrected chi connectivity index (χ0v) is 20.8. The maximum absolute atomic E-state index is 12.1. The molecule has 3 N–H and O–H groups in total. The van der Waals surface area contributed by atoms with Crippen molar-refractivity contribution >= 4 is 19.8 Å². The Morgan fingerprint density at radius 1 is 0.812 bits per heavy atom. The Hall–Kier alpha value is -0.990. The normalized spacial score (nSPS) is 14.0. The second-order valence-corrected chi connectivity index (χ2v) is 9.32. The monoisotopic (exact) mass is 481 g/mol. The van der Waals surface area contributed by atoms with Crippen LogP contribution >= 0.6 is 7.82 Å². The second-order valence-electron chi connectivity index (χ2n) is 7.86. The predicted molar refractivity (Wildman–Crippen MR) is 123 cm³/mol. The number of phosphoric acid groups is 1. The molecule has 10 heteroatoms. The fraction of sp³-hybridized carbons (Fsp3) is 0.909. The Labute approximate surface area is 193 Å². The number of ether oxygens (including phenoxy) is 2. The van der Waals surface area contributed by atoms with Crippen LogP contribution in [0.15, 0.2) is 0 Å². The molecule has 0 heterocycles. The van der Waals surface area contributed by atoms with E-state index in [1.54, 1.807) is 0 Å². The molecule has 0 radical (unpaired) electrons. The van der Waals surface area contributed by atoms with E-state index in [2.05, 4.69) is 18.4 Å². The van der Waals surface area contributed by atoms with Gasteiger partial charge in [0.15, 0.2) is 6.10 Å². The zero-order chi connectivity index (χ0) is 24.1. The maximum atomic E-state index is 12.1. The van der Waals surface area contributed by atoms with E-state index >= 15 is 0 Å². The van der Waals surface area contributed by atoms with Gasteiger partial charge in [-0.1, -0.05) is 71.6 Å². The summed E-state index contributed by atoms with van der Waals surface area (Å²) in [4.78, 5) is 33.8. The summed E-state index contributed by atoms with van der Waals surface area (Å²) in [5.41, 5.74) is 5.25. The summed E-state index contributed by atoms with van der Waals surface area (Å²) in [6, 6.07) is 0. The molecule has 190 valence electrons. The molecule has 0 aliphatic rings. The second kappa shape index (κ2) is 20.6. The molecular weight excluding hydrogens is 437 g/mol. The van der Waals surface area contributed by atoms with Crippen molar-refractivity contribution in [2.24, 2.45) is 5.73 Å². The molecule has 0 amide bonds. The minimum Gasteiger partial charge on any atom is -0.462 e. The first-order valence-electron chi connectivity index (χ1n) is 12.0. The lowest BCUT2D eigenvalue weighted by Crippen LogP contribution is -2.29. The molecule has 0 spiro atoms. The van der Waals surface area contributed by atoms with Crippen LogP contribution in [-0.4, -0.2) is 49.3 Å². The highest BCUT2D eigenvalue weighted by atomic mass is 31.2. The minimum atomic E-state index is -4.33. The molecule has 0 saturated heterocycles. The average molecular weight is 482 g/mol. The number of nitrogens with two attached hydrogens (primary N) is 1. The lowest BCUT2D eigenvalue weighted by Gasteiger charge is -2.19. The third-order valence-corrected chi connectivity index (χ3v) is 5.73. The fourth-order valence-corrected chi connectivity index (χ4v) is 3.69. The van der Waals surface area contributed by atoms with Gasteiger partial charge in [0.05, 0.1) is 13.2 Å². The summed E-state index contributed by atoms with van der Waals surface area (Å²) in [5.74, 6) is -0.856. The summed E-state index contributed by atoms with van der Waals surface area (Å²) >= 11 is 0. The van der Waals surface area contributed by atoms with Crippen molar-refractivity contribution in [3.8, 4) is 0 Å². The summed E-state index contributed by atoms with van der Waals surface area (Å²) in [6.45, 7) is 3.50. The number of phosphoric ester groups is 1. The highest BCUT2D eigenvalue weighted by Crippen LogP contribution is 2.43. The molecule has 9 nitrogen and oxygen atoms in total. The van der Waals surface area contributed by atoms with Gasteiger partial charge >= 0.3 is 19.8 Å². The Kier molecular flexibility index (Phi) is 20.0. The molecule has 0 saturated carbocycles. The maximum Gasteiger partial charge on any atom is 0.472 e. The zero-order valence-electron chi connectivity index (χ0n) is 19.9. The van der Waals surface area contributed by atoms with E-state index in [0.29, 0.717) is 6.42 Å². The molecule has 0 rings (SSSR count). The van der Waals surface area contributed by atoms with Gasteiger partial charge in [-0.3, -0.25) is 18.6 Å². The average Bonchev–Trinajstić information content (AvgIpc) is 2.76. The van der Waals surface area contributed by atoms with Crippen molar-refractivity contribution in [1.82, 2.24) is 0 Å². The van der Waals surface area contributed by atoms with Gasteiger partial charge < -0.3 is 20.1 Å². The molecule has 1 unspecified atom stereocenters. The van der Waals surface area contributed by atoms with Crippen LogP contribution in [0.4, 0.5) is 0 Å². The largest absolute Gasteiger partial charge is 0.472 e. The smallest absolute Gasteiger partial charge is 0.462 e. The summed E-state index contributed by atoms with van der Waals surface area (Å²) in [6.07, 6.45) is 10.7.